The zero-order chi connectivity index (χ0) is 21.8. The molecule has 1 fully saturated rings. The van der Waals surface area contributed by atoms with E-state index >= 15 is 0 Å². The van der Waals surface area contributed by atoms with Crippen LogP contribution in [0.4, 0.5) is 0 Å². The van der Waals surface area contributed by atoms with Gasteiger partial charge in [-0.1, -0.05) is 12.1 Å². The minimum Gasteiger partial charge on any atom is -0.508 e. The van der Waals surface area contributed by atoms with E-state index in [0.717, 1.165) is 24.2 Å². The van der Waals surface area contributed by atoms with Crippen molar-refractivity contribution in [2.45, 2.75) is 5.92 Å². The molecule has 2 heterocycles. The largest absolute Gasteiger partial charge is 0.508 e. The number of phenolic OH excluding ortho intramolecular Hbond substituents is 1. The molecule has 8 heteroatoms. The second-order valence-electron chi connectivity index (χ2n) is 7.10. The van der Waals surface area contributed by atoms with E-state index in [2.05, 4.69) is 11.1 Å². The van der Waals surface area contributed by atoms with Crippen LogP contribution in [-0.4, -0.2) is 56.9 Å². The number of nitriles is 1. The first-order chi connectivity index (χ1) is 15.1. The van der Waals surface area contributed by atoms with Crippen LogP contribution in [0.3, 0.4) is 0 Å². The molecule has 31 heavy (non-hydrogen) atoms. The van der Waals surface area contributed by atoms with Crippen molar-refractivity contribution in [2.75, 3.05) is 40.5 Å². The lowest BCUT2D eigenvalue weighted by atomic mass is 9.83. The van der Waals surface area contributed by atoms with Gasteiger partial charge in [0.05, 0.1) is 39.7 Å². The fraction of sp³-hybridized carbons (Fsp3) is 0.304. The van der Waals surface area contributed by atoms with Crippen LogP contribution >= 0.6 is 0 Å². The molecule has 0 unspecified atom stereocenters. The molecule has 2 aliphatic heterocycles. The number of methoxy groups -OCH3 is 2. The van der Waals surface area contributed by atoms with Crippen molar-refractivity contribution < 1.29 is 24.1 Å². The molecule has 2 aliphatic rings. The summed E-state index contributed by atoms with van der Waals surface area (Å²) in [6, 6.07) is 12.7. The van der Waals surface area contributed by atoms with E-state index < -0.39 is 5.92 Å². The molecule has 1 N–H and O–H groups in total. The van der Waals surface area contributed by atoms with Gasteiger partial charge in [0.2, 0.25) is 5.88 Å². The summed E-state index contributed by atoms with van der Waals surface area (Å²) in [7, 11) is 3.14. The molecule has 0 amide bonds. The molecule has 0 spiro atoms. The van der Waals surface area contributed by atoms with Gasteiger partial charge in [-0.3, -0.25) is 0 Å². The molecular weight excluding hydrogens is 398 g/mol. The Morgan fingerprint density at radius 2 is 1.90 bits per heavy atom. The minimum atomic E-state index is -0.439. The highest BCUT2D eigenvalue weighted by Crippen LogP contribution is 2.45. The predicted molar refractivity (Wildman–Crippen MR) is 114 cm³/mol. The molecule has 0 saturated carbocycles. The van der Waals surface area contributed by atoms with E-state index in [1.165, 1.54) is 6.07 Å². The molecule has 1 atom stereocenters. The Hall–Kier alpha value is -3.70. The van der Waals surface area contributed by atoms with Gasteiger partial charge in [0.15, 0.2) is 11.5 Å². The van der Waals surface area contributed by atoms with Crippen LogP contribution in [0.5, 0.6) is 23.0 Å². The number of phenols is 1. The van der Waals surface area contributed by atoms with Crippen LogP contribution in [0.1, 0.15) is 17.0 Å². The Morgan fingerprint density at radius 1 is 1.13 bits per heavy atom. The minimum absolute atomic E-state index is 0.0710. The Labute approximate surface area is 180 Å². The molecule has 0 aliphatic carbocycles. The maximum absolute atomic E-state index is 10.0. The summed E-state index contributed by atoms with van der Waals surface area (Å²) in [6.45, 7) is 2.69. The number of rotatable bonds is 5. The smallest absolute Gasteiger partial charge is 0.235 e. The molecule has 0 aromatic heterocycles. The Bertz CT molecular complexity index is 1070. The zero-order valence-corrected chi connectivity index (χ0v) is 17.4. The molecular formula is C23H23N3O5. The normalized spacial score (nSPS) is 18.4. The highest BCUT2D eigenvalue weighted by molar-refractivity contribution is 5.62. The van der Waals surface area contributed by atoms with Gasteiger partial charge in [-0.2, -0.15) is 5.26 Å². The van der Waals surface area contributed by atoms with Crippen LogP contribution < -0.4 is 14.2 Å². The third-order valence-electron chi connectivity index (χ3n) is 5.28. The van der Waals surface area contributed by atoms with Gasteiger partial charge in [0.1, 0.15) is 23.1 Å². The van der Waals surface area contributed by atoms with Crippen LogP contribution in [0, 0.1) is 11.3 Å². The van der Waals surface area contributed by atoms with Gasteiger partial charge in [0.25, 0.3) is 0 Å². The number of fused-ring (bicyclic) bond motifs is 1. The monoisotopic (exact) mass is 421 g/mol. The quantitative estimate of drug-likeness (QED) is 0.585. The number of ether oxygens (including phenoxy) is 4. The van der Waals surface area contributed by atoms with Crippen molar-refractivity contribution in [2.24, 2.45) is 4.99 Å². The van der Waals surface area contributed by atoms with Crippen molar-refractivity contribution in [3.05, 3.63) is 59.0 Å². The first kappa shape index (κ1) is 20.6. The molecule has 2 aromatic carbocycles. The van der Waals surface area contributed by atoms with Gasteiger partial charge < -0.3 is 29.0 Å². The molecule has 160 valence electrons. The first-order valence-corrected chi connectivity index (χ1v) is 9.87. The highest BCUT2D eigenvalue weighted by Gasteiger charge is 2.32. The van der Waals surface area contributed by atoms with Gasteiger partial charge in [-0.25, -0.2) is 4.99 Å². The number of benzene rings is 2. The zero-order valence-electron chi connectivity index (χ0n) is 17.4. The number of hydrogen-bond donors (Lipinski definition) is 1. The third-order valence-corrected chi connectivity index (χ3v) is 5.28. The van der Waals surface area contributed by atoms with Crippen LogP contribution in [0.25, 0.3) is 0 Å². The summed E-state index contributed by atoms with van der Waals surface area (Å²) in [4.78, 5) is 6.49. The first-order valence-electron chi connectivity index (χ1n) is 9.87. The summed E-state index contributed by atoms with van der Waals surface area (Å²) in [5, 5.41) is 20.0. The summed E-state index contributed by atoms with van der Waals surface area (Å²) in [6.07, 6.45) is 1.68. The van der Waals surface area contributed by atoms with E-state index in [-0.39, 0.29) is 11.6 Å². The van der Waals surface area contributed by atoms with Crippen molar-refractivity contribution in [3.63, 3.8) is 0 Å². The van der Waals surface area contributed by atoms with Crippen molar-refractivity contribution in [3.8, 4) is 29.1 Å². The average Bonchev–Trinajstić information content (AvgIpc) is 2.81. The van der Waals surface area contributed by atoms with E-state index in [0.29, 0.717) is 36.0 Å². The molecule has 4 rings (SSSR count). The molecule has 2 aromatic rings. The second-order valence-corrected chi connectivity index (χ2v) is 7.10. The van der Waals surface area contributed by atoms with Gasteiger partial charge in [-0.05, 0) is 23.8 Å². The highest BCUT2D eigenvalue weighted by atomic mass is 16.5. The summed E-state index contributed by atoms with van der Waals surface area (Å²) >= 11 is 0. The molecule has 1 saturated heterocycles. The fourth-order valence-electron chi connectivity index (χ4n) is 3.70. The fourth-order valence-corrected chi connectivity index (χ4v) is 3.70. The lowest BCUT2D eigenvalue weighted by Gasteiger charge is -2.28. The van der Waals surface area contributed by atoms with Crippen molar-refractivity contribution >= 4 is 6.34 Å². The van der Waals surface area contributed by atoms with Crippen LogP contribution in [-0.2, 0) is 4.74 Å². The summed E-state index contributed by atoms with van der Waals surface area (Å²) in [5.41, 5.74) is 1.95. The molecule has 0 bridgehead atoms. The third kappa shape index (κ3) is 4.13. The maximum atomic E-state index is 10.0. The average molecular weight is 421 g/mol. The van der Waals surface area contributed by atoms with Crippen molar-refractivity contribution in [1.82, 2.24) is 4.90 Å². The van der Waals surface area contributed by atoms with Gasteiger partial charge >= 0.3 is 0 Å². The number of morpholine rings is 1. The second kappa shape index (κ2) is 8.98. The van der Waals surface area contributed by atoms with Crippen LogP contribution in [0.15, 0.2) is 52.8 Å². The van der Waals surface area contributed by atoms with E-state index in [4.69, 9.17) is 18.9 Å². The standard InChI is InChI=1S/C23H23N3O5/c1-28-19-6-3-15(11-21(19)29-2)22-17-5-4-16(27)12-20(17)31-23(18(22)13-24)25-14-26-7-9-30-10-8-26/h3-6,11-12,14,22,27H,7-10H2,1-2H3/t22-/m1/s1. The number of aromatic hydroxyl groups is 1. The predicted octanol–water partition coefficient (Wildman–Crippen LogP) is 3.03. The lowest BCUT2D eigenvalue weighted by molar-refractivity contribution is 0.0699. The van der Waals surface area contributed by atoms with Crippen molar-refractivity contribution in [1.29, 1.82) is 5.26 Å². The van der Waals surface area contributed by atoms with Gasteiger partial charge in [0, 0.05) is 24.7 Å². The summed E-state index contributed by atoms with van der Waals surface area (Å²) in [5.74, 6) is 1.44. The van der Waals surface area contributed by atoms with E-state index in [9.17, 15) is 10.4 Å². The summed E-state index contributed by atoms with van der Waals surface area (Å²) < 4.78 is 22.1. The van der Waals surface area contributed by atoms with E-state index in [1.54, 1.807) is 38.8 Å². The lowest BCUT2D eigenvalue weighted by Crippen LogP contribution is -2.35. The number of allylic oxidation sites excluding steroid dienone is 1. The van der Waals surface area contributed by atoms with Gasteiger partial charge in [-0.15, -0.1) is 0 Å². The van der Waals surface area contributed by atoms with Crippen LogP contribution in [0.2, 0.25) is 0 Å². The maximum Gasteiger partial charge on any atom is 0.235 e. The number of nitrogens with zero attached hydrogens (tertiary/aromatic N) is 3. The van der Waals surface area contributed by atoms with E-state index in [1.807, 2.05) is 17.0 Å². The topological polar surface area (TPSA) is 96.5 Å². The number of aliphatic imine (C=N–C) groups is 1. The Kier molecular flexibility index (Phi) is 5.96. The number of hydrogen-bond acceptors (Lipinski definition) is 7. The Morgan fingerprint density at radius 3 is 2.61 bits per heavy atom. The SMILES string of the molecule is COc1ccc([C@H]2C(C#N)=C(N=CN3CCOCC3)Oc3cc(O)ccc32)cc1OC. The Balaban J connectivity index is 1.81. The molecule has 0 radical (unpaired) electrons. The molecule has 8 nitrogen and oxygen atoms in total.